The maximum Gasteiger partial charge on any atom is 0.250 e. The molecular formula is C13H16N2O2S2. The molecule has 4 nitrogen and oxygen atoms in total. The number of hydrogen-bond acceptors (Lipinski definition) is 4. The van der Waals surface area contributed by atoms with Crippen LogP contribution in [0.4, 0.5) is 0 Å². The Hall–Kier alpha value is -1.24. The molecule has 0 bridgehead atoms. The van der Waals surface area contributed by atoms with Crippen LogP contribution in [0.3, 0.4) is 0 Å². The summed E-state index contributed by atoms with van der Waals surface area (Å²) in [4.78, 5) is 5.07. The molecule has 0 atom stereocenters. The van der Waals surface area contributed by atoms with Crippen LogP contribution in [-0.2, 0) is 22.9 Å². The Morgan fingerprint density at radius 2 is 2.16 bits per heavy atom. The number of sulfonamides is 1. The highest BCUT2D eigenvalue weighted by molar-refractivity contribution is 7.91. The predicted molar refractivity (Wildman–Crippen MR) is 76.8 cm³/mol. The molecule has 0 aliphatic carbocycles. The van der Waals surface area contributed by atoms with E-state index >= 15 is 0 Å². The maximum atomic E-state index is 12.0. The highest BCUT2D eigenvalue weighted by Gasteiger charge is 2.15. The fourth-order valence-electron chi connectivity index (χ4n) is 1.64. The minimum atomic E-state index is -3.37. The lowest BCUT2D eigenvalue weighted by atomic mass is 10.2. The Labute approximate surface area is 117 Å². The first kappa shape index (κ1) is 14.2. The van der Waals surface area contributed by atoms with Crippen LogP contribution in [0.15, 0.2) is 40.9 Å². The fourth-order valence-corrected chi connectivity index (χ4v) is 4.01. The molecule has 0 radical (unpaired) electrons. The molecule has 0 saturated heterocycles. The van der Waals surface area contributed by atoms with E-state index in [9.17, 15) is 8.42 Å². The summed E-state index contributed by atoms with van der Waals surface area (Å²) in [7, 11) is -3.37. The van der Waals surface area contributed by atoms with Crippen molar-refractivity contribution in [2.75, 3.05) is 6.54 Å². The largest absolute Gasteiger partial charge is 0.264 e. The van der Waals surface area contributed by atoms with Crippen molar-refractivity contribution in [3.63, 3.8) is 0 Å². The van der Waals surface area contributed by atoms with Crippen molar-refractivity contribution >= 4 is 21.4 Å². The molecule has 1 N–H and O–H groups in total. The van der Waals surface area contributed by atoms with Crippen LogP contribution in [0, 0.1) is 0 Å². The van der Waals surface area contributed by atoms with Crippen LogP contribution < -0.4 is 4.72 Å². The molecule has 2 aromatic heterocycles. The van der Waals surface area contributed by atoms with E-state index in [1.165, 1.54) is 11.3 Å². The Bertz CT molecular complexity index is 621. The van der Waals surface area contributed by atoms with E-state index < -0.39 is 10.0 Å². The second kappa shape index (κ2) is 6.27. The number of aromatic nitrogens is 1. The molecule has 0 spiro atoms. The molecule has 0 unspecified atom stereocenters. The molecule has 0 amide bonds. The van der Waals surface area contributed by atoms with E-state index in [2.05, 4.69) is 9.71 Å². The molecule has 2 aromatic rings. The number of pyridine rings is 1. The highest BCUT2D eigenvalue weighted by atomic mass is 32.2. The standard InChI is InChI=1S/C13H16N2O2S2/c1-2-12-5-6-13(18-12)19(16,17)15-9-7-11-4-3-8-14-10-11/h3-6,8,10,15H,2,7,9H2,1H3. The van der Waals surface area contributed by atoms with Crippen LogP contribution >= 0.6 is 11.3 Å². The van der Waals surface area contributed by atoms with E-state index in [0.717, 1.165) is 16.9 Å². The molecule has 19 heavy (non-hydrogen) atoms. The van der Waals surface area contributed by atoms with Gasteiger partial charge in [-0.3, -0.25) is 4.98 Å². The second-order valence-electron chi connectivity index (χ2n) is 4.08. The first-order valence-electron chi connectivity index (χ1n) is 6.09. The van der Waals surface area contributed by atoms with Gasteiger partial charge in [0, 0.05) is 23.8 Å². The third kappa shape index (κ3) is 3.86. The van der Waals surface area contributed by atoms with E-state index in [0.29, 0.717) is 17.2 Å². The van der Waals surface area contributed by atoms with Gasteiger partial charge in [0.25, 0.3) is 0 Å². The molecule has 0 aliphatic rings. The van der Waals surface area contributed by atoms with Crippen molar-refractivity contribution in [3.8, 4) is 0 Å². The van der Waals surface area contributed by atoms with Gasteiger partial charge in [-0.25, -0.2) is 13.1 Å². The number of nitrogens with zero attached hydrogens (tertiary/aromatic N) is 1. The topological polar surface area (TPSA) is 59.1 Å². The van der Waals surface area contributed by atoms with Crippen LogP contribution in [0.1, 0.15) is 17.4 Å². The van der Waals surface area contributed by atoms with E-state index in [1.807, 2.05) is 25.1 Å². The SMILES string of the molecule is CCc1ccc(S(=O)(=O)NCCc2cccnc2)s1. The van der Waals surface area contributed by atoms with Gasteiger partial charge >= 0.3 is 0 Å². The minimum Gasteiger partial charge on any atom is -0.264 e. The zero-order valence-electron chi connectivity index (χ0n) is 10.7. The number of nitrogens with one attached hydrogen (secondary N) is 1. The van der Waals surface area contributed by atoms with Gasteiger partial charge in [-0.05, 0) is 36.6 Å². The van der Waals surface area contributed by atoms with E-state index in [4.69, 9.17) is 0 Å². The summed E-state index contributed by atoms with van der Waals surface area (Å²) in [5.41, 5.74) is 1.02. The van der Waals surface area contributed by atoms with Crippen molar-refractivity contribution in [1.82, 2.24) is 9.71 Å². The minimum absolute atomic E-state index is 0.382. The van der Waals surface area contributed by atoms with Crippen LogP contribution in [0.5, 0.6) is 0 Å². The van der Waals surface area contributed by atoms with Crippen LogP contribution in [0.2, 0.25) is 0 Å². The van der Waals surface area contributed by atoms with Crippen molar-refractivity contribution < 1.29 is 8.42 Å². The van der Waals surface area contributed by atoms with Gasteiger partial charge in [0.1, 0.15) is 4.21 Å². The maximum absolute atomic E-state index is 12.0. The first-order chi connectivity index (χ1) is 9.12. The Morgan fingerprint density at radius 1 is 1.32 bits per heavy atom. The van der Waals surface area contributed by atoms with Gasteiger partial charge in [-0.2, -0.15) is 0 Å². The molecule has 2 rings (SSSR count). The normalized spacial score (nSPS) is 11.6. The smallest absolute Gasteiger partial charge is 0.250 e. The van der Waals surface area contributed by atoms with Crippen molar-refractivity contribution in [2.45, 2.75) is 24.0 Å². The van der Waals surface area contributed by atoms with E-state index in [-0.39, 0.29) is 0 Å². The fraction of sp³-hybridized carbons (Fsp3) is 0.308. The first-order valence-corrected chi connectivity index (χ1v) is 8.39. The zero-order chi connectivity index (χ0) is 13.7. The van der Waals surface area contributed by atoms with Crippen molar-refractivity contribution in [1.29, 1.82) is 0 Å². The quantitative estimate of drug-likeness (QED) is 0.889. The molecule has 0 aliphatic heterocycles. The summed E-state index contributed by atoms with van der Waals surface area (Å²) in [6.07, 6.45) is 4.94. The third-order valence-corrected chi connectivity index (χ3v) is 5.86. The zero-order valence-corrected chi connectivity index (χ0v) is 12.3. The molecule has 0 saturated carbocycles. The number of rotatable bonds is 6. The Balaban J connectivity index is 1.94. The van der Waals surface area contributed by atoms with Crippen LogP contribution in [0.25, 0.3) is 0 Å². The summed E-state index contributed by atoms with van der Waals surface area (Å²) in [6, 6.07) is 7.30. The lowest BCUT2D eigenvalue weighted by Crippen LogP contribution is -2.25. The Morgan fingerprint density at radius 3 is 2.79 bits per heavy atom. The molecule has 0 fully saturated rings. The second-order valence-corrected chi connectivity index (χ2v) is 7.25. The van der Waals surface area contributed by atoms with E-state index in [1.54, 1.807) is 18.5 Å². The third-order valence-electron chi connectivity index (χ3n) is 2.68. The van der Waals surface area contributed by atoms with Crippen molar-refractivity contribution in [3.05, 3.63) is 47.1 Å². The number of aryl methyl sites for hydroxylation is 1. The average molecular weight is 296 g/mol. The van der Waals surface area contributed by atoms with Gasteiger partial charge < -0.3 is 0 Å². The monoisotopic (exact) mass is 296 g/mol. The summed E-state index contributed by atoms with van der Waals surface area (Å²) in [6.45, 7) is 2.39. The van der Waals surface area contributed by atoms with Gasteiger partial charge in [0.15, 0.2) is 0 Å². The molecule has 6 heteroatoms. The summed E-state index contributed by atoms with van der Waals surface area (Å²) < 4.78 is 27.1. The van der Waals surface area contributed by atoms with Gasteiger partial charge in [-0.1, -0.05) is 13.0 Å². The van der Waals surface area contributed by atoms with Crippen molar-refractivity contribution in [2.24, 2.45) is 0 Å². The lowest BCUT2D eigenvalue weighted by Gasteiger charge is -2.04. The van der Waals surface area contributed by atoms with Gasteiger partial charge in [0.2, 0.25) is 10.0 Å². The average Bonchev–Trinajstić information content (AvgIpc) is 2.89. The van der Waals surface area contributed by atoms with Crippen LogP contribution in [-0.4, -0.2) is 19.9 Å². The summed E-state index contributed by atoms with van der Waals surface area (Å²) in [5.74, 6) is 0. The lowest BCUT2D eigenvalue weighted by molar-refractivity contribution is 0.583. The Kier molecular flexibility index (Phi) is 4.68. The summed E-state index contributed by atoms with van der Waals surface area (Å²) in [5, 5.41) is 0. The molecule has 102 valence electrons. The number of hydrogen-bond donors (Lipinski definition) is 1. The van der Waals surface area contributed by atoms with Gasteiger partial charge in [0.05, 0.1) is 0 Å². The number of thiophene rings is 1. The molecule has 0 aromatic carbocycles. The molecule has 2 heterocycles. The summed E-state index contributed by atoms with van der Waals surface area (Å²) >= 11 is 1.32. The van der Waals surface area contributed by atoms with Gasteiger partial charge in [-0.15, -0.1) is 11.3 Å². The molecular weight excluding hydrogens is 280 g/mol. The highest BCUT2D eigenvalue weighted by Crippen LogP contribution is 2.21. The predicted octanol–water partition coefficient (Wildman–Crippen LogP) is 2.23.